The fourth-order valence-electron chi connectivity index (χ4n) is 3.72. The molecule has 146 valence electrons. The number of hydrazone groups is 1. The standard InChI is InChI=1S/C21H26N6O/c1-12(2)19-15(6-7-23-14-4-5-14)13(3)25-17(19)10-16-20(26-27-21(16)28)18-11-22-8-9-24-18/h8-12,14,23,25H,4-7H2,1-3H3,(H,27,28). The number of carbonyl (C=O) groups excluding carboxylic acids is 1. The number of aromatic nitrogens is 3. The van der Waals surface area contributed by atoms with Crippen LogP contribution in [-0.4, -0.2) is 39.2 Å². The molecule has 0 bridgehead atoms. The summed E-state index contributed by atoms with van der Waals surface area (Å²) in [4.78, 5) is 24.3. The fraction of sp³-hybridized carbons (Fsp3) is 0.429. The Morgan fingerprint density at radius 1 is 1.32 bits per heavy atom. The minimum atomic E-state index is -0.223. The third-order valence-electron chi connectivity index (χ3n) is 5.22. The van der Waals surface area contributed by atoms with Crippen LogP contribution < -0.4 is 10.7 Å². The molecule has 1 fully saturated rings. The number of nitrogens with one attached hydrogen (secondary N) is 3. The Hall–Kier alpha value is -2.80. The summed E-state index contributed by atoms with van der Waals surface area (Å²) in [6.07, 6.45) is 10.3. The predicted molar refractivity (Wildman–Crippen MR) is 109 cm³/mol. The number of amides is 1. The smallest absolute Gasteiger partial charge is 0.273 e. The van der Waals surface area contributed by atoms with Crippen LogP contribution in [0.1, 0.15) is 60.8 Å². The van der Waals surface area contributed by atoms with Gasteiger partial charge in [0.1, 0.15) is 11.4 Å². The van der Waals surface area contributed by atoms with Crippen molar-refractivity contribution in [3.8, 4) is 0 Å². The van der Waals surface area contributed by atoms with Crippen LogP contribution in [0, 0.1) is 6.92 Å². The number of H-pyrrole nitrogens is 1. The highest BCUT2D eigenvalue weighted by Crippen LogP contribution is 2.30. The van der Waals surface area contributed by atoms with Gasteiger partial charge < -0.3 is 10.3 Å². The van der Waals surface area contributed by atoms with E-state index in [1.807, 2.05) is 6.08 Å². The Labute approximate surface area is 164 Å². The van der Waals surface area contributed by atoms with Gasteiger partial charge in [0, 0.05) is 29.8 Å². The molecular formula is C21H26N6O. The molecule has 2 aliphatic rings. The minimum Gasteiger partial charge on any atom is -0.359 e. The highest BCUT2D eigenvalue weighted by Gasteiger charge is 2.27. The SMILES string of the molecule is Cc1[nH]c(C=C2C(=O)NN=C2c2cnccn2)c(C(C)C)c1CCNC1CC1. The highest BCUT2D eigenvalue weighted by molar-refractivity contribution is 6.32. The normalized spacial score (nSPS) is 18.1. The molecule has 4 rings (SSSR count). The van der Waals surface area contributed by atoms with E-state index in [-0.39, 0.29) is 5.91 Å². The number of aromatic amines is 1. The summed E-state index contributed by atoms with van der Waals surface area (Å²) < 4.78 is 0. The quantitative estimate of drug-likeness (QED) is 0.645. The van der Waals surface area contributed by atoms with Gasteiger partial charge in [-0.05, 0) is 55.9 Å². The first kappa shape index (κ1) is 18.6. The van der Waals surface area contributed by atoms with E-state index in [1.165, 1.54) is 24.0 Å². The average molecular weight is 378 g/mol. The minimum absolute atomic E-state index is 0.223. The number of nitrogens with zero attached hydrogens (tertiary/aromatic N) is 3. The zero-order valence-corrected chi connectivity index (χ0v) is 16.5. The molecule has 0 saturated heterocycles. The number of aryl methyl sites for hydroxylation is 1. The van der Waals surface area contributed by atoms with Gasteiger partial charge >= 0.3 is 0 Å². The maximum Gasteiger partial charge on any atom is 0.273 e. The molecule has 0 aromatic carbocycles. The largest absolute Gasteiger partial charge is 0.359 e. The van der Waals surface area contributed by atoms with Crippen molar-refractivity contribution in [2.24, 2.45) is 5.10 Å². The van der Waals surface area contributed by atoms with Crippen molar-refractivity contribution in [2.75, 3.05) is 6.54 Å². The second-order valence-corrected chi connectivity index (χ2v) is 7.74. The van der Waals surface area contributed by atoms with Gasteiger partial charge in [0.05, 0.1) is 11.8 Å². The molecule has 1 aliphatic heterocycles. The van der Waals surface area contributed by atoms with E-state index in [9.17, 15) is 4.79 Å². The lowest BCUT2D eigenvalue weighted by Gasteiger charge is -2.11. The molecule has 2 aromatic heterocycles. The van der Waals surface area contributed by atoms with Crippen LogP contribution >= 0.6 is 0 Å². The van der Waals surface area contributed by atoms with Gasteiger partial charge in [-0.1, -0.05) is 13.8 Å². The van der Waals surface area contributed by atoms with Crippen molar-refractivity contribution in [2.45, 2.75) is 52.0 Å². The first-order valence-electron chi connectivity index (χ1n) is 9.85. The summed E-state index contributed by atoms with van der Waals surface area (Å²) in [7, 11) is 0. The second-order valence-electron chi connectivity index (χ2n) is 7.74. The maximum absolute atomic E-state index is 12.4. The number of hydrogen-bond donors (Lipinski definition) is 3. The molecule has 0 radical (unpaired) electrons. The Balaban J connectivity index is 1.67. The van der Waals surface area contributed by atoms with E-state index in [1.54, 1.807) is 18.6 Å². The van der Waals surface area contributed by atoms with Gasteiger partial charge in [-0.25, -0.2) is 5.43 Å². The van der Waals surface area contributed by atoms with Gasteiger partial charge in [0.15, 0.2) is 0 Å². The lowest BCUT2D eigenvalue weighted by Crippen LogP contribution is -2.19. The maximum atomic E-state index is 12.4. The Morgan fingerprint density at radius 3 is 2.82 bits per heavy atom. The van der Waals surface area contributed by atoms with Gasteiger partial charge in [0.2, 0.25) is 0 Å². The van der Waals surface area contributed by atoms with Crippen LogP contribution in [-0.2, 0) is 11.2 Å². The lowest BCUT2D eigenvalue weighted by molar-refractivity contribution is -0.116. The Kier molecular flexibility index (Phi) is 5.09. The zero-order chi connectivity index (χ0) is 19.7. The lowest BCUT2D eigenvalue weighted by atomic mass is 9.94. The average Bonchev–Trinajstić information content (AvgIpc) is 3.36. The number of hydrogen-bond acceptors (Lipinski definition) is 5. The van der Waals surface area contributed by atoms with Crippen LogP contribution in [0.5, 0.6) is 0 Å². The van der Waals surface area contributed by atoms with E-state index < -0.39 is 0 Å². The first-order valence-corrected chi connectivity index (χ1v) is 9.85. The fourth-order valence-corrected chi connectivity index (χ4v) is 3.72. The molecule has 3 heterocycles. The second kappa shape index (κ2) is 7.67. The molecule has 3 N–H and O–H groups in total. The third kappa shape index (κ3) is 3.75. The molecule has 0 unspecified atom stereocenters. The van der Waals surface area contributed by atoms with Crippen molar-refractivity contribution in [3.05, 3.63) is 52.4 Å². The van der Waals surface area contributed by atoms with Crippen LogP contribution in [0.15, 0.2) is 29.3 Å². The van der Waals surface area contributed by atoms with Crippen LogP contribution in [0.25, 0.3) is 6.08 Å². The molecule has 0 spiro atoms. The summed E-state index contributed by atoms with van der Waals surface area (Å²) in [6.45, 7) is 7.46. The van der Waals surface area contributed by atoms with E-state index in [4.69, 9.17) is 0 Å². The van der Waals surface area contributed by atoms with Crippen molar-refractivity contribution < 1.29 is 4.79 Å². The van der Waals surface area contributed by atoms with Crippen molar-refractivity contribution in [3.63, 3.8) is 0 Å². The van der Waals surface area contributed by atoms with Gasteiger partial charge in [0.25, 0.3) is 5.91 Å². The van der Waals surface area contributed by atoms with Crippen molar-refractivity contribution in [1.29, 1.82) is 0 Å². The molecule has 2 aromatic rings. The summed E-state index contributed by atoms with van der Waals surface area (Å²) in [5, 5.41) is 7.76. The van der Waals surface area contributed by atoms with Gasteiger partial charge in [-0.3, -0.25) is 14.8 Å². The van der Waals surface area contributed by atoms with Gasteiger partial charge in [-0.2, -0.15) is 5.10 Å². The zero-order valence-electron chi connectivity index (χ0n) is 16.5. The van der Waals surface area contributed by atoms with Crippen molar-refractivity contribution >= 4 is 17.7 Å². The van der Waals surface area contributed by atoms with Crippen LogP contribution in [0.2, 0.25) is 0 Å². The molecule has 1 aliphatic carbocycles. The van der Waals surface area contributed by atoms with E-state index in [0.717, 1.165) is 24.4 Å². The van der Waals surface area contributed by atoms with Gasteiger partial charge in [-0.15, -0.1) is 0 Å². The molecule has 28 heavy (non-hydrogen) atoms. The predicted octanol–water partition coefficient (Wildman–Crippen LogP) is 2.45. The summed E-state index contributed by atoms with van der Waals surface area (Å²) in [6, 6.07) is 0.705. The van der Waals surface area contributed by atoms with E-state index in [0.29, 0.717) is 28.9 Å². The topological polar surface area (TPSA) is 95.1 Å². The van der Waals surface area contributed by atoms with Crippen molar-refractivity contribution in [1.82, 2.24) is 25.7 Å². The number of carbonyl (C=O) groups is 1. The molecule has 1 amide bonds. The molecule has 0 atom stereocenters. The molecule has 7 nitrogen and oxygen atoms in total. The highest BCUT2D eigenvalue weighted by atomic mass is 16.2. The van der Waals surface area contributed by atoms with E-state index in [2.05, 4.69) is 51.6 Å². The monoisotopic (exact) mass is 378 g/mol. The van der Waals surface area contributed by atoms with Crippen LogP contribution in [0.4, 0.5) is 0 Å². The molecule has 1 saturated carbocycles. The Morgan fingerprint density at radius 2 is 2.14 bits per heavy atom. The Bertz CT molecular complexity index is 937. The summed E-state index contributed by atoms with van der Waals surface area (Å²) in [5.41, 5.74) is 8.89. The first-order chi connectivity index (χ1) is 13.5. The summed E-state index contributed by atoms with van der Waals surface area (Å²) in [5.74, 6) is 0.119. The van der Waals surface area contributed by atoms with E-state index >= 15 is 0 Å². The number of rotatable bonds is 7. The summed E-state index contributed by atoms with van der Waals surface area (Å²) >= 11 is 0. The van der Waals surface area contributed by atoms with Crippen LogP contribution in [0.3, 0.4) is 0 Å². The molecule has 7 heteroatoms. The molecular weight excluding hydrogens is 352 g/mol. The third-order valence-corrected chi connectivity index (χ3v) is 5.22.